The maximum atomic E-state index is 13.6. The zero-order chi connectivity index (χ0) is 13.8. The summed E-state index contributed by atoms with van der Waals surface area (Å²) in [6.07, 6.45) is 2.56. The van der Waals surface area contributed by atoms with Gasteiger partial charge >= 0.3 is 0 Å². The zero-order valence-corrected chi connectivity index (χ0v) is 12.1. The number of hydrazine groups is 1. The van der Waals surface area contributed by atoms with Crippen LogP contribution in [-0.2, 0) is 6.54 Å². The lowest BCUT2D eigenvalue weighted by atomic mass is 10.0. The second kappa shape index (κ2) is 6.23. The summed E-state index contributed by atoms with van der Waals surface area (Å²) in [4.78, 5) is 0. The van der Waals surface area contributed by atoms with Crippen LogP contribution in [-0.4, -0.2) is 15.0 Å². The number of hydrogen-bond donors (Lipinski definition) is 2. The Labute approximate surface area is 119 Å². The van der Waals surface area contributed by atoms with Crippen LogP contribution in [0.4, 0.5) is 4.39 Å². The van der Waals surface area contributed by atoms with Crippen molar-refractivity contribution in [2.45, 2.75) is 25.9 Å². The van der Waals surface area contributed by atoms with Gasteiger partial charge in [-0.2, -0.15) is 0 Å². The summed E-state index contributed by atoms with van der Waals surface area (Å²) in [6, 6.07) is 4.48. The third-order valence-corrected chi connectivity index (χ3v) is 3.67. The number of rotatable bonds is 5. The fourth-order valence-corrected chi connectivity index (χ4v) is 2.45. The van der Waals surface area contributed by atoms with E-state index in [1.165, 1.54) is 6.07 Å². The van der Waals surface area contributed by atoms with Crippen LogP contribution < -0.4 is 11.3 Å². The quantitative estimate of drug-likeness (QED) is 0.652. The molecule has 0 aliphatic carbocycles. The molecule has 19 heavy (non-hydrogen) atoms. The summed E-state index contributed by atoms with van der Waals surface area (Å²) in [5, 5.41) is 7.91. The van der Waals surface area contributed by atoms with Gasteiger partial charge in [-0.25, -0.2) is 14.5 Å². The molecule has 102 valence electrons. The molecule has 1 atom stereocenters. The van der Waals surface area contributed by atoms with Gasteiger partial charge in [-0.15, -0.1) is 5.10 Å². The van der Waals surface area contributed by atoms with Gasteiger partial charge in [-0.3, -0.25) is 5.84 Å². The first kappa shape index (κ1) is 14.1. The largest absolute Gasteiger partial charge is 0.271 e. The molecule has 0 fully saturated rings. The van der Waals surface area contributed by atoms with Gasteiger partial charge in [-0.1, -0.05) is 24.3 Å². The molecule has 1 aromatic heterocycles. The van der Waals surface area contributed by atoms with Crippen LogP contribution >= 0.6 is 15.9 Å². The Morgan fingerprint density at radius 3 is 3.00 bits per heavy atom. The Morgan fingerprint density at radius 1 is 1.53 bits per heavy atom. The number of aryl methyl sites for hydroxylation is 1. The van der Waals surface area contributed by atoms with E-state index in [1.54, 1.807) is 23.0 Å². The number of nitrogens with two attached hydrogens (primary N) is 1. The molecule has 0 saturated carbocycles. The Bertz CT molecular complexity index is 557. The molecular weight excluding hydrogens is 313 g/mol. The molecule has 0 saturated heterocycles. The summed E-state index contributed by atoms with van der Waals surface area (Å²) >= 11 is 3.25. The molecule has 0 amide bonds. The second-order valence-electron chi connectivity index (χ2n) is 4.12. The first-order chi connectivity index (χ1) is 9.19. The van der Waals surface area contributed by atoms with Crippen molar-refractivity contribution in [1.29, 1.82) is 0 Å². The lowest BCUT2D eigenvalue weighted by Crippen LogP contribution is -2.31. The lowest BCUT2D eigenvalue weighted by Gasteiger charge is -2.18. The molecule has 3 N–H and O–H groups in total. The van der Waals surface area contributed by atoms with E-state index >= 15 is 0 Å². The van der Waals surface area contributed by atoms with E-state index < -0.39 is 0 Å². The van der Waals surface area contributed by atoms with Gasteiger partial charge < -0.3 is 0 Å². The number of halogens is 2. The van der Waals surface area contributed by atoms with E-state index in [0.29, 0.717) is 10.0 Å². The monoisotopic (exact) mass is 327 g/mol. The van der Waals surface area contributed by atoms with Gasteiger partial charge in [0.25, 0.3) is 0 Å². The van der Waals surface area contributed by atoms with Gasteiger partial charge in [-0.05, 0) is 34.0 Å². The van der Waals surface area contributed by atoms with Crippen molar-refractivity contribution in [3.05, 3.63) is 45.9 Å². The highest BCUT2D eigenvalue weighted by molar-refractivity contribution is 9.10. The molecule has 1 aromatic carbocycles. The highest BCUT2D eigenvalue weighted by atomic mass is 79.9. The minimum absolute atomic E-state index is 0.327. The van der Waals surface area contributed by atoms with E-state index in [1.807, 2.05) is 0 Å². The maximum Gasteiger partial charge on any atom is 0.137 e. The van der Waals surface area contributed by atoms with Crippen molar-refractivity contribution in [3.8, 4) is 0 Å². The van der Waals surface area contributed by atoms with E-state index in [4.69, 9.17) is 5.84 Å². The molecule has 2 aromatic rings. The second-order valence-corrected chi connectivity index (χ2v) is 4.92. The first-order valence-corrected chi connectivity index (χ1v) is 6.76. The molecule has 0 aliphatic rings. The summed E-state index contributed by atoms with van der Waals surface area (Å²) in [5.74, 6) is 5.29. The van der Waals surface area contributed by atoms with E-state index in [9.17, 15) is 4.39 Å². The van der Waals surface area contributed by atoms with Crippen LogP contribution in [0.3, 0.4) is 0 Å². The predicted octanol–water partition coefficient (Wildman–Crippen LogP) is 2.14. The Kier molecular flexibility index (Phi) is 4.62. The Hall–Kier alpha value is -1.31. The van der Waals surface area contributed by atoms with Gasteiger partial charge in [0.05, 0.1) is 22.4 Å². The van der Waals surface area contributed by atoms with Crippen LogP contribution in [0.15, 0.2) is 28.9 Å². The molecule has 5 nitrogen and oxygen atoms in total. The molecule has 1 heterocycles. The van der Waals surface area contributed by atoms with Crippen LogP contribution in [0, 0.1) is 5.82 Å². The van der Waals surface area contributed by atoms with Crippen LogP contribution in [0.25, 0.3) is 0 Å². The molecule has 2 rings (SSSR count). The molecular formula is C12H15BrFN5. The summed E-state index contributed by atoms with van der Waals surface area (Å²) in [7, 11) is 0. The first-order valence-electron chi connectivity index (χ1n) is 5.97. The van der Waals surface area contributed by atoms with E-state index in [-0.39, 0.29) is 11.9 Å². The van der Waals surface area contributed by atoms with Crippen molar-refractivity contribution < 1.29 is 4.39 Å². The topological polar surface area (TPSA) is 68.8 Å². The minimum Gasteiger partial charge on any atom is -0.271 e. The molecule has 0 spiro atoms. The van der Waals surface area contributed by atoms with E-state index in [2.05, 4.69) is 38.6 Å². The summed E-state index contributed by atoms with van der Waals surface area (Å²) in [6.45, 7) is 2.79. The van der Waals surface area contributed by atoms with Crippen molar-refractivity contribution >= 4 is 15.9 Å². The fourth-order valence-electron chi connectivity index (χ4n) is 1.95. The standard InChI is InChI=1S/C12H15BrFN5/c1-2-6-19-10(7-16-18-19)12(17-15)8-4-3-5-9(14)11(8)13/h3-5,7,12,17H,2,6,15H2,1H3. The smallest absolute Gasteiger partial charge is 0.137 e. The maximum absolute atomic E-state index is 13.6. The molecule has 1 unspecified atom stereocenters. The van der Waals surface area contributed by atoms with Crippen LogP contribution in [0.1, 0.15) is 30.6 Å². The third kappa shape index (κ3) is 2.83. The third-order valence-electron chi connectivity index (χ3n) is 2.84. The number of benzene rings is 1. The minimum atomic E-state index is -0.369. The molecule has 0 bridgehead atoms. The van der Waals surface area contributed by atoms with Gasteiger partial charge in [0, 0.05) is 6.54 Å². The molecule has 7 heteroatoms. The average molecular weight is 328 g/mol. The Balaban J connectivity index is 2.44. The predicted molar refractivity (Wildman–Crippen MR) is 73.6 cm³/mol. The van der Waals surface area contributed by atoms with E-state index in [0.717, 1.165) is 18.7 Å². The summed E-state index contributed by atoms with van der Waals surface area (Å²) < 4.78 is 15.8. The fraction of sp³-hybridized carbons (Fsp3) is 0.333. The number of hydrogen-bond acceptors (Lipinski definition) is 4. The number of nitrogens with zero attached hydrogens (tertiary/aromatic N) is 3. The molecule has 0 radical (unpaired) electrons. The van der Waals surface area contributed by atoms with Crippen LogP contribution in [0.5, 0.6) is 0 Å². The van der Waals surface area contributed by atoms with Gasteiger partial charge in [0.1, 0.15) is 5.82 Å². The van der Waals surface area contributed by atoms with Crippen molar-refractivity contribution in [2.75, 3.05) is 0 Å². The van der Waals surface area contributed by atoms with Crippen LogP contribution in [0.2, 0.25) is 0 Å². The highest BCUT2D eigenvalue weighted by Gasteiger charge is 2.21. The number of nitrogens with one attached hydrogen (secondary N) is 1. The molecule has 0 aliphatic heterocycles. The average Bonchev–Trinajstić information content (AvgIpc) is 2.84. The van der Waals surface area contributed by atoms with Gasteiger partial charge in [0.15, 0.2) is 0 Å². The number of aromatic nitrogens is 3. The SMILES string of the molecule is CCCn1nncc1C(NN)c1cccc(F)c1Br. The van der Waals surface area contributed by atoms with Crippen molar-refractivity contribution in [2.24, 2.45) is 5.84 Å². The summed E-state index contributed by atoms with van der Waals surface area (Å²) in [5.41, 5.74) is 4.20. The normalized spacial score (nSPS) is 12.6. The highest BCUT2D eigenvalue weighted by Crippen LogP contribution is 2.29. The lowest BCUT2D eigenvalue weighted by molar-refractivity contribution is 0.508. The Morgan fingerprint density at radius 2 is 2.32 bits per heavy atom. The van der Waals surface area contributed by atoms with Crippen molar-refractivity contribution in [3.63, 3.8) is 0 Å². The van der Waals surface area contributed by atoms with Gasteiger partial charge in [0.2, 0.25) is 0 Å². The zero-order valence-electron chi connectivity index (χ0n) is 10.5. The van der Waals surface area contributed by atoms with Crippen molar-refractivity contribution in [1.82, 2.24) is 20.4 Å².